The Hall–Kier alpha value is -3.64. The van der Waals surface area contributed by atoms with Gasteiger partial charge in [-0.2, -0.15) is 5.10 Å². The number of hydrogen-bond acceptors (Lipinski definition) is 7. The molecule has 0 spiro atoms. The standard InChI is InChI=1S/C15H16N8O3.C6H10F2.C2H6/c1-9-13(21-26-20-9)14(24)17-6-11-8-23-12(19-11)4-10(5-18-23)7-22-3-2-16-15(22)25;7-6(8)4-2-1-3-5-6;1-2/h4-5,8H,2-3,6-7H2,1H3,(H,16,25)(H,17,24);1-5H2;1-2H3. The molecular formula is C23H32F2N8O3. The van der Waals surface area contributed by atoms with Gasteiger partial charge in [0.05, 0.1) is 24.6 Å². The molecule has 0 radical (unpaired) electrons. The van der Waals surface area contributed by atoms with Crippen LogP contribution in [0, 0.1) is 6.92 Å². The number of aromatic nitrogens is 5. The average molecular weight is 507 g/mol. The van der Waals surface area contributed by atoms with Crippen molar-refractivity contribution in [2.24, 2.45) is 0 Å². The topological polar surface area (TPSA) is 131 Å². The Morgan fingerprint density at radius 3 is 2.56 bits per heavy atom. The molecule has 13 heteroatoms. The highest BCUT2D eigenvalue weighted by Gasteiger charge is 2.30. The lowest BCUT2D eigenvalue weighted by Gasteiger charge is -2.20. The number of rotatable bonds is 5. The molecule has 1 aliphatic heterocycles. The van der Waals surface area contributed by atoms with Crippen molar-refractivity contribution in [2.45, 2.75) is 71.9 Å². The van der Waals surface area contributed by atoms with Crippen molar-refractivity contribution in [1.82, 2.24) is 40.4 Å². The van der Waals surface area contributed by atoms with Gasteiger partial charge in [-0.3, -0.25) is 4.79 Å². The molecule has 0 aromatic carbocycles. The van der Waals surface area contributed by atoms with E-state index < -0.39 is 5.92 Å². The summed E-state index contributed by atoms with van der Waals surface area (Å²) >= 11 is 0. The van der Waals surface area contributed by atoms with Gasteiger partial charge in [-0.15, -0.1) is 0 Å². The van der Waals surface area contributed by atoms with Crippen LogP contribution in [0.25, 0.3) is 5.65 Å². The fraction of sp³-hybridized carbons (Fsp3) is 0.565. The van der Waals surface area contributed by atoms with E-state index in [1.54, 1.807) is 28.7 Å². The molecule has 2 N–H and O–H groups in total. The fourth-order valence-electron chi connectivity index (χ4n) is 3.78. The summed E-state index contributed by atoms with van der Waals surface area (Å²) in [5.74, 6) is -2.70. The van der Waals surface area contributed by atoms with Gasteiger partial charge in [-0.25, -0.2) is 27.7 Å². The number of nitrogens with one attached hydrogen (secondary N) is 2. The molecule has 2 fully saturated rings. The van der Waals surface area contributed by atoms with E-state index in [-0.39, 0.29) is 37.0 Å². The van der Waals surface area contributed by atoms with E-state index in [1.165, 1.54) is 0 Å². The van der Waals surface area contributed by atoms with Gasteiger partial charge in [0.15, 0.2) is 11.3 Å². The lowest BCUT2D eigenvalue weighted by Crippen LogP contribution is -2.27. The molecule has 11 nitrogen and oxygen atoms in total. The Morgan fingerprint density at radius 1 is 1.22 bits per heavy atom. The van der Waals surface area contributed by atoms with Crippen LogP contribution in [0.2, 0.25) is 0 Å². The Labute approximate surface area is 207 Å². The van der Waals surface area contributed by atoms with E-state index in [2.05, 4.69) is 35.7 Å². The maximum atomic E-state index is 12.2. The fourth-order valence-corrected chi connectivity index (χ4v) is 3.78. The molecule has 0 atom stereocenters. The summed E-state index contributed by atoms with van der Waals surface area (Å²) in [4.78, 5) is 29.8. The minimum Gasteiger partial charge on any atom is -0.345 e. The van der Waals surface area contributed by atoms with Gasteiger partial charge in [0, 0.05) is 32.5 Å². The second-order valence-corrected chi connectivity index (χ2v) is 8.35. The summed E-state index contributed by atoms with van der Waals surface area (Å²) < 4.78 is 30.6. The number of alkyl halides is 2. The molecule has 2 aliphatic rings. The third-order valence-corrected chi connectivity index (χ3v) is 5.63. The summed E-state index contributed by atoms with van der Waals surface area (Å²) in [6.07, 6.45) is 6.10. The summed E-state index contributed by atoms with van der Waals surface area (Å²) in [6, 6.07) is 1.80. The third-order valence-electron chi connectivity index (χ3n) is 5.63. The van der Waals surface area contributed by atoms with Gasteiger partial charge < -0.3 is 15.5 Å². The molecule has 3 aromatic rings. The number of urea groups is 1. The van der Waals surface area contributed by atoms with Crippen LogP contribution >= 0.6 is 0 Å². The molecule has 1 saturated heterocycles. The van der Waals surface area contributed by atoms with E-state index in [4.69, 9.17) is 0 Å². The second-order valence-electron chi connectivity index (χ2n) is 8.35. The number of halogens is 2. The predicted molar refractivity (Wildman–Crippen MR) is 126 cm³/mol. The van der Waals surface area contributed by atoms with Gasteiger partial charge in [-0.05, 0) is 36.6 Å². The van der Waals surface area contributed by atoms with Crippen molar-refractivity contribution in [3.63, 3.8) is 0 Å². The van der Waals surface area contributed by atoms with Crippen molar-refractivity contribution in [3.05, 3.63) is 41.1 Å². The zero-order valence-electron chi connectivity index (χ0n) is 20.8. The number of amides is 3. The van der Waals surface area contributed by atoms with Crippen molar-refractivity contribution in [1.29, 1.82) is 0 Å². The Balaban J connectivity index is 0.000000305. The van der Waals surface area contributed by atoms with Crippen LogP contribution in [0.15, 0.2) is 23.1 Å². The number of nitrogens with zero attached hydrogens (tertiary/aromatic N) is 6. The number of carbonyl (C=O) groups is 2. The first-order chi connectivity index (χ1) is 17.3. The van der Waals surface area contributed by atoms with E-state index in [0.717, 1.165) is 12.0 Å². The minimum atomic E-state index is -2.32. The van der Waals surface area contributed by atoms with Crippen LogP contribution in [-0.4, -0.2) is 60.8 Å². The highest BCUT2D eigenvalue weighted by Crippen LogP contribution is 2.32. The average Bonchev–Trinajstić information content (AvgIpc) is 3.59. The lowest BCUT2D eigenvalue weighted by molar-refractivity contribution is -0.0337. The Kier molecular flexibility index (Phi) is 9.25. The van der Waals surface area contributed by atoms with Crippen LogP contribution in [0.1, 0.15) is 73.4 Å². The zero-order valence-corrected chi connectivity index (χ0v) is 20.8. The number of imidazole rings is 1. The summed E-state index contributed by atoms with van der Waals surface area (Å²) in [6.45, 7) is 7.67. The van der Waals surface area contributed by atoms with Gasteiger partial charge >= 0.3 is 6.03 Å². The smallest absolute Gasteiger partial charge is 0.317 e. The van der Waals surface area contributed by atoms with Crippen molar-refractivity contribution in [3.8, 4) is 0 Å². The molecule has 0 bridgehead atoms. The molecule has 1 aliphatic carbocycles. The van der Waals surface area contributed by atoms with Crippen molar-refractivity contribution < 1.29 is 23.0 Å². The molecule has 3 aromatic heterocycles. The molecule has 196 valence electrons. The highest BCUT2D eigenvalue weighted by atomic mass is 19.3. The molecule has 0 unspecified atom stereocenters. The maximum Gasteiger partial charge on any atom is 0.317 e. The van der Waals surface area contributed by atoms with Crippen molar-refractivity contribution in [2.75, 3.05) is 13.1 Å². The summed E-state index contributed by atoms with van der Waals surface area (Å²) in [5, 5.41) is 16.9. The largest absolute Gasteiger partial charge is 0.345 e. The van der Waals surface area contributed by atoms with E-state index >= 15 is 0 Å². The molecule has 36 heavy (non-hydrogen) atoms. The van der Waals surface area contributed by atoms with Gasteiger partial charge in [0.2, 0.25) is 5.92 Å². The number of fused-ring (bicyclic) bond motifs is 1. The SMILES string of the molecule is CC.Cc1nonc1C(=O)NCc1cn2ncc(CN3CCNC3=O)cc2n1.FC1(F)CCCCC1. The maximum absolute atomic E-state index is 12.2. The van der Waals surface area contributed by atoms with Gasteiger partial charge in [-0.1, -0.05) is 25.4 Å². The molecule has 1 saturated carbocycles. The summed E-state index contributed by atoms with van der Waals surface area (Å²) in [5.41, 5.74) is 2.76. The Morgan fingerprint density at radius 2 is 1.97 bits per heavy atom. The molecule has 3 amide bonds. The van der Waals surface area contributed by atoms with E-state index in [0.29, 0.717) is 49.5 Å². The minimum absolute atomic E-state index is 0.0748. The van der Waals surface area contributed by atoms with E-state index in [1.807, 2.05) is 19.9 Å². The van der Waals surface area contributed by atoms with Gasteiger partial charge in [0.1, 0.15) is 5.69 Å². The molecule has 4 heterocycles. The van der Waals surface area contributed by atoms with Gasteiger partial charge in [0.25, 0.3) is 5.91 Å². The lowest BCUT2D eigenvalue weighted by atomic mass is 9.97. The van der Waals surface area contributed by atoms with Crippen molar-refractivity contribution >= 4 is 17.6 Å². The third kappa shape index (κ3) is 7.18. The van der Waals surface area contributed by atoms with Crippen LogP contribution < -0.4 is 10.6 Å². The highest BCUT2D eigenvalue weighted by molar-refractivity contribution is 5.92. The monoisotopic (exact) mass is 506 g/mol. The number of aryl methyl sites for hydroxylation is 1. The molecular weight excluding hydrogens is 474 g/mol. The van der Waals surface area contributed by atoms with Crippen LogP contribution in [0.4, 0.5) is 13.6 Å². The zero-order chi connectivity index (χ0) is 26.1. The number of hydrogen-bond donors (Lipinski definition) is 2. The van der Waals surface area contributed by atoms with Crippen LogP contribution in [0.3, 0.4) is 0 Å². The summed E-state index contributed by atoms with van der Waals surface area (Å²) in [7, 11) is 0. The van der Waals surface area contributed by atoms with Crippen LogP contribution in [0.5, 0.6) is 0 Å². The van der Waals surface area contributed by atoms with Crippen LogP contribution in [-0.2, 0) is 13.1 Å². The molecule has 5 rings (SSSR count). The first-order valence-electron chi connectivity index (χ1n) is 12.1. The Bertz CT molecular complexity index is 1160. The quantitative estimate of drug-likeness (QED) is 0.542. The van der Waals surface area contributed by atoms with E-state index in [9.17, 15) is 18.4 Å². The second kappa shape index (κ2) is 12.4. The number of carbonyl (C=O) groups excluding carboxylic acids is 2. The first kappa shape index (κ1) is 27.0. The first-order valence-corrected chi connectivity index (χ1v) is 12.1. The normalized spacial score (nSPS) is 16.5. The predicted octanol–water partition coefficient (Wildman–Crippen LogP) is 3.49.